The van der Waals surface area contributed by atoms with Gasteiger partial charge in [0.1, 0.15) is 17.5 Å². The lowest BCUT2D eigenvalue weighted by Crippen LogP contribution is -2.50. The highest BCUT2D eigenvalue weighted by molar-refractivity contribution is 9.10. The van der Waals surface area contributed by atoms with Crippen LogP contribution in [0.4, 0.5) is 0 Å². The van der Waals surface area contributed by atoms with Crippen molar-refractivity contribution in [3.63, 3.8) is 0 Å². The van der Waals surface area contributed by atoms with Gasteiger partial charge in [-0.3, -0.25) is 9.59 Å². The van der Waals surface area contributed by atoms with Gasteiger partial charge in [-0.05, 0) is 75.1 Å². The van der Waals surface area contributed by atoms with Crippen molar-refractivity contribution >= 4 is 27.7 Å². The number of nitrogens with one attached hydrogen (secondary N) is 1. The van der Waals surface area contributed by atoms with Gasteiger partial charge in [0.2, 0.25) is 5.91 Å². The van der Waals surface area contributed by atoms with E-state index in [9.17, 15) is 9.59 Å². The predicted molar refractivity (Wildman–Crippen MR) is 130 cm³/mol. The molecule has 0 aromatic heterocycles. The molecule has 0 bridgehead atoms. The van der Waals surface area contributed by atoms with E-state index < -0.39 is 6.04 Å². The second-order valence-corrected chi connectivity index (χ2v) is 8.82. The third-order valence-electron chi connectivity index (χ3n) is 5.45. The van der Waals surface area contributed by atoms with Crippen LogP contribution < -0.4 is 14.8 Å². The van der Waals surface area contributed by atoms with Gasteiger partial charge in [-0.2, -0.15) is 0 Å². The number of hydrogen-bond donors (Lipinski definition) is 1. The van der Waals surface area contributed by atoms with E-state index in [0.717, 1.165) is 33.3 Å². The fourth-order valence-electron chi connectivity index (χ4n) is 3.19. The molecule has 2 aromatic rings. The van der Waals surface area contributed by atoms with Gasteiger partial charge in [0.25, 0.3) is 5.91 Å². The number of amides is 2. The van der Waals surface area contributed by atoms with Crippen molar-refractivity contribution in [1.29, 1.82) is 0 Å². The zero-order chi connectivity index (χ0) is 23.8. The zero-order valence-electron chi connectivity index (χ0n) is 19.7. The van der Waals surface area contributed by atoms with Crippen molar-refractivity contribution in [3.8, 4) is 11.5 Å². The van der Waals surface area contributed by atoms with Crippen molar-refractivity contribution in [3.05, 3.63) is 57.6 Å². The first kappa shape index (κ1) is 25.7. The number of nitrogens with zero attached hydrogens (tertiary/aromatic N) is 1. The van der Waals surface area contributed by atoms with Gasteiger partial charge < -0.3 is 19.7 Å². The number of carbonyl (C=O) groups is 2. The number of benzene rings is 2. The topological polar surface area (TPSA) is 67.9 Å². The number of halogens is 1. The Morgan fingerprint density at radius 3 is 2.19 bits per heavy atom. The van der Waals surface area contributed by atoms with Crippen LogP contribution in [0, 0.1) is 13.8 Å². The van der Waals surface area contributed by atoms with Gasteiger partial charge >= 0.3 is 0 Å². The third-order valence-corrected chi connectivity index (χ3v) is 6.70. The monoisotopic (exact) mass is 504 g/mol. The van der Waals surface area contributed by atoms with Gasteiger partial charge in [0.15, 0.2) is 6.61 Å². The summed E-state index contributed by atoms with van der Waals surface area (Å²) in [5.74, 6) is 0.915. The Labute approximate surface area is 199 Å². The van der Waals surface area contributed by atoms with E-state index >= 15 is 0 Å². The summed E-state index contributed by atoms with van der Waals surface area (Å²) in [7, 11) is 1.61. The number of rotatable bonds is 10. The quantitative estimate of drug-likeness (QED) is 0.505. The average molecular weight is 505 g/mol. The molecule has 0 aliphatic heterocycles. The summed E-state index contributed by atoms with van der Waals surface area (Å²) in [5, 5.41) is 2.96. The molecule has 2 atom stereocenters. The summed E-state index contributed by atoms with van der Waals surface area (Å²) >= 11 is 3.54. The fourth-order valence-corrected chi connectivity index (χ4v) is 3.42. The van der Waals surface area contributed by atoms with Gasteiger partial charge in [0.05, 0.1) is 7.11 Å². The Balaban J connectivity index is 2.19. The van der Waals surface area contributed by atoms with Crippen molar-refractivity contribution < 1.29 is 19.1 Å². The van der Waals surface area contributed by atoms with Crippen LogP contribution in [-0.4, -0.2) is 42.5 Å². The predicted octanol–water partition coefficient (Wildman–Crippen LogP) is 4.79. The second-order valence-electron chi connectivity index (χ2n) is 8.02. The highest BCUT2D eigenvalue weighted by Crippen LogP contribution is 2.26. The zero-order valence-corrected chi connectivity index (χ0v) is 21.3. The largest absolute Gasteiger partial charge is 0.497 e. The maximum atomic E-state index is 13.2. The van der Waals surface area contributed by atoms with Crippen LogP contribution in [-0.2, 0) is 16.1 Å². The number of aryl methyl sites for hydroxylation is 2. The lowest BCUT2D eigenvalue weighted by molar-refractivity contribution is -0.142. The van der Waals surface area contributed by atoms with Crippen molar-refractivity contribution in [2.75, 3.05) is 13.7 Å². The average Bonchev–Trinajstić information content (AvgIpc) is 2.78. The summed E-state index contributed by atoms with van der Waals surface area (Å²) in [4.78, 5) is 27.5. The second kappa shape index (κ2) is 11.9. The fraction of sp³-hybridized carbons (Fsp3) is 0.440. The molecule has 7 heteroatoms. The summed E-state index contributed by atoms with van der Waals surface area (Å²) in [6.07, 6.45) is 0.816. The van der Waals surface area contributed by atoms with Crippen LogP contribution in [0.25, 0.3) is 0 Å². The number of ether oxygens (including phenoxy) is 2. The first-order valence-corrected chi connectivity index (χ1v) is 11.6. The molecule has 0 radical (unpaired) electrons. The highest BCUT2D eigenvalue weighted by atomic mass is 79.9. The lowest BCUT2D eigenvalue weighted by atomic mass is 10.1. The molecule has 1 N–H and O–H groups in total. The Bertz CT molecular complexity index is 907. The van der Waals surface area contributed by atoms with Gasteiger partial charge in [-0.1, -0.05) is 35.0 Å². The van der Waals surface area contributed by atoms with Crippen LogP contribution >= 0.6 is 15.9 Å². The van der Waals surface area contributed by atoms with Crippen molar-refractivity contribution in [2.45, 2.75) is 59.7 Å². The Kier molecular flexibility index (Phi) is 9.57. The SMILES string of the molecule is CC[C@H](C)NC(=O)[C@@H](C)N(Cc1ccc(OC)cc1)C(=O)COc1cc(C)c(Br)c(C)c1. The van der Waals surface area contributed by atoms with Gasteiger partial charge in [-0.25, -0.2) is 0 Å². The highest BCUT2D eigenvalue weighted by Gasteiger charge is 2.27. The van der Waals surface area contributed by atoms with E-state index in [2.05, 4.69) is 21.2 Å². The standard InChI is InChI=1S/C25H33BrN2O4/c1-7-18(4)27-25(30)19(5)28(14-20-8-10-21(31-6)11-9-20)23(29)15-32-22-12-16(2)24(26)17(3)13-22/h8-13,18-19H,7,14-15H2,1-6H3,(H,27,30)/t18-,19+/m0/s1. The van der Waals surface area contributed by atoms with Crippen LogP contribution in [0.2, 0.25) is 0 Å². The number of carbonyl (C=O) groups excluding carboxylic acids is 2. The Morgan fingerprint density at radius 1 is 1.06 bits per heavy atom. The molecule has 0 heterocycles. The Hall–Kier alpha value is -2.54. The normalized spacial score (nSPS) is 12.6. The molecule has 174 valence electrons. The molecule has 2 aromatic carbocycles. The van der Waals surface area contributed by atoms with E-state index in [1.54, 1.807) is 18.9 Å². The molecule has 0 spiro atoms. The molecule has 6 nitrogen and oxygen atoms in total. The molecular weight excluding hydrogens is 472 g/mol. The maximum Gasteiger partial charge on any atom is 0.261 e. The molecule has 2 rings (SSSR count). The molecule has 0 saturated heterocycles. The maximum absolute atomic E-state index is 13.2. The van der Waals surface area contributed by atoms with Crippen molar-refractivity contribution in [1.82, 2.24) is 10.2 Å². The van der Waals surface area contributed by atoms with E-state index in [1.807, 2.05) is 64.1 Å². The minimum Gasteiger partial charge on any atom is -0.497 e. The van der Waals surface area contributed by atoms with Crippen molar-refractivity contribution in [2.24, 2.45) is 0 Å². The molecular formula is C25H33BrN2O4. The van der Waals surface area contributed by atoms with E-state index in [0.29, 0.717) is 12.3 Å². The first-order chi connectivity index (χ1) is 15.2. The summed E-state index contributed by atoms with van der Waals surface area (Å²) in [5.41, 5.74) is 2.96. The van der Waals surface area contributed by atoms with Gasteiger partial charge in [0, 0.05) is 17.1 Å². The van der Waals surface area contributed by atoms with E-state index in [-0.39, 0.29) is 24.5 Å². The molecule has 32 heavy (non-hydrogen) atoms. The minimum absolute atomic E-state index is 0.0351. The number of methoxy groups -OCH3 is 1. The Morgan fingerprint density at radius 2 is 1.66 bits per heavy atom. The van der Waals surface area contributed by atoms with E-state index in [4.69, 9.17) is 9.47 Å². The smallest absolute Gasteiger partial charge is 0.261 e. The van der Waals surface area contributed by atoms with E-state index in [1.165, 1.54) is 0 Å². The third kappa shape index (κ3) is 6.99. The minimum atomic E-state index is -0.643. The first-order valence-electron chi connectivity index (χ1n) is 10.8. The summed E-state index contributed by atoms with van der Waals surface area (Å²) in [6, 6.07) is 10.6. The number of hydrogen-bond acceptors (Lipinski definition) is 4. The van der Waals surface area contributed by atoms with Crippen LogP contribution in [0.15, 0.2) is 40.9 Å². The lowest BCUT2D eigenvalue weighted by Gasteiger charge is -2.29. The molecule has 0 fully saturated rings. The van der Waals surface area contributed by atoms with Crippen LogP contribution in [0.1, 0.15) is 43.9 Å². The van der Waals surface area contributed by atoms with Crippen LogP contribution in [0.5, 0.6) is 11.5 Å². The molecule has 2 amide bonds. The van der Waals surface area contributed by atoms with Crippen LogP contribution in [0.3, 0.4) is 0 Å². The molecule has 0 unspecified atom stereocenters. The summed E-state index contributed by atoms with van der Waals surface area (Å²) in [6.45, 7) is 9.78. The van der Waals surface area contributed by atoms with Gasteiger partial charge in [-0.15, -0.1) is 0 Å². The molecule has 0 aliphatic rings. The molecule has 0 aliphatic carbocycles. The summed E-state index contributed by atoms with van der Waals surface area (Å²) < 4.78 is 12.0. The molecule has 0 saturated carbocycles.